The number of hydrogen-bond donors (Lipinski definition) is 1. The molecule has 3 rings (SSSR count). The Morgan fingerprint density at radius 2 is 1.62 bits per heavy atom. The normalized spacial score (nSPS) is 13.4. The Kier molecular flexibility index (Phi) is 5.51. The predicted molar refractivity (Wildman–Crippen MR) is 102 cm³/mol. The maximum absolute atomic E-state index is 12.7. The maximum atomic E-state index is 12.7. The highest BCUT2D eigenvalue weighted by Gasteiger charge is 2.18. The lowest BCUT2D eigenvalue weighted by molar-refractivity contribution is 0.102. The van der Waals surface area contributed by atoms with Gasteiger partial charge in [0.1, 0.15) is 0 Å². The van der Waals surface area contributed by atoms with E-state index in [4.69, 9.17) is 14.2 Å². The van der Waals surface area contributed by atoms with Gasteiger partial charge in [-0.05, 0) is 43.2 Å². The molecule has 1 saturated heterocycles. The third-order valence-electron chi connectivity index (χ3n) is 4.50. The van der Waals surface area contributed by atoms with E-state index < -0.39 is 0 Å². The number of methoxy groups -OCH3 is 3. The van der Waals surface area contributed by atoms with Crippen molar-refractivity contribution >= 4 is 17.3 Å². The van der Waals surface area contributed by atoms with E-state index in [1.54, 1.807) is 12.1 Å². The van der Waals surface area contributed by atoms with Gasteiger partial charge in [0, 0.05) is 30.0 Å². The van der Waals surface area contributed by atoms with Crippen molar-refractivity contribution in [1.82, 2.24) is 0 Å². The molecule has 1 N–H and O–H groups in total. The fraction of sp³-hybridized carbons (Fsp3) is 0.350. The van der Waals surface area contributed by atoms with Crippen LogP contribution in [0.3, 0.4) is 0 Å². The zero-order valence-corrected chi connectivity index (χ0v) is 15.4. The van der Waals surface area contributed by atoms with E-state index in [2.05, 4.69) is 16.3 Å². The molecule has 26 heavy (non-hydrogen) atoms. The van der Waals surface area contributed by atoms with E-state index >= 15 is 0 Å². The van der Waals surface area contributed by atoms with Crippen LogP contribution >= 0.6 is 0 Å². The number of nitrogens with one attached hydrogen (secondary N) is 1. The fourth-order valence-corrected chi connectivity index (χ4v) is 3.17. The summed E-state index contributed by atoms with van der Waals surface area (Å²) in [5, 5.41) is 2.94. The molecule has 0 unspecified atom stereocenters. The monoisotopic (exact) mass is 356 g/mol. The van der Waals surface area contributed by atoms with Crippen molar-refractivity contribution in [2.45, 2.75) is 12.8 Å². The Morgan fingerprint density at radius 3 is 2.19 bits per heavy atom. The van der Waals surface area contributed by atoms with Crippen molar-refractivity contribution in [3.63, 3.8) is 0 Å². The molecule has 0 aromatic heterocycles. The van der Waals surface area contributed by atoms with Gasteiger partial charge in [-0.15, -0.1) is 0 Å². The van der Waals surface area contributed by atoms with Crippen LogP contribution in [0.1, 0.15) is 23.2 Å². The zero-order valence-electron chi connectivity index (χ0n) is 15.4. The van der Waals surface area contributed by atoms with Crippen molar-refractivity contribution in [3.05, 3.63) is 42.0 Å². The van der Waals surface area contributed by atoms with Crippen LogP contribution < -0.4 is 24.4 Å². The number of carbonyl (C=O) groups is 1. The number of carbonyl (C=O) groups excluding carboxylic acids is 1. The fourth-order valence-electron chi connectivity index (χ4n) is 3.17. The van der Waals surface area contributed by atoms with Crippen LogP contribution in [0.4, 0.5) is 11.4 Å². The van der Waals surface area contributed by atoms with E-state index in [-0.39, 0.29) is 5.91 Å². The predicted octanol–water partition coefficient (Wildman–Crippen LogP) is 3.56. The molecule has 1 aliphatic heterocycles. The molecule has 0 radical (unpaired) electrons. The summed E-state index contributed by atoms with van der Waals surface area (Å²) in [6.45, 7) is 2.12. The van der Waals surface area contributed by atoms with Gasteiger partial charge in [-0.25, -0.2) is 0 Å². The molecule has 6 heteroatoms. The number of nitrogens with zero attached hydrogens (tertiary/aromatic N) is 1. The van der Waals surface area contributed by atoms with Crippen LogP contribution in [-0.4, -0.2) is 40.3 Å². The third-order valence-corrected chi connectivity index (χ3v) is 4.50. The largest absolute Gasteiger partial charge is 0.493 e. The second-order valence-electron chi connectivity index (χ2n) is 6.11. The Hall–Kier alpha value is -2.89. The Bertz CT molecular complexity index is 760. The van der Waals surface area contributed by atoms with Gasteiger partial charge < -0.3 is 24.4 Å². The van der Waals surface area contributed by atoms with Crippen LogP contribution in [0.5, 0.6) is 17.2 Å². The first kappa shape index (κ1) is 17.9. The minimum atomic E-state index is -0.233. The van der Waals surface area contributed by atoms with Crippen molar-refractivity contribution in [1.29, 1.82) is 0 Å². The van der Waals surface area contributed by atoms with Crippen molar-refractivity contribution in [2.75, 3.05) is 44.6 Å². The Labute approximate surface area is 153 Å². The molecule has 0 atom stereocenters. The van der Waals surface area contributed by atoms with Gasteiger partial charge in [0.25, 0.3) is 5.91 Å². The van der Waals surface area contributed by atoms with Gasteiger partial charge in [0.2, 0.25) is 5.75 Å². The Balaban J connectivity index is 1.83. The van der Waals surface area contributed by atoms with Crippen molar-refractivity contribution in [2.24, 2.45) is 0 Å². The molecule has 1 aliphatic rings. The van der Waals surface area contributed by atoms with Crippen LogP contribution in [0.25, 0.3) is 0 Å². The summed E-state index contributed by atoms with van der Waals surface area (Å²) in [5.74, 6) is 1.12. The lowest BCUT2D eigenvalue weighted by atomic mass is 10.1. The van der Waals surface area contributed by atoms with Gasteiger partial charge in [-0.2, -0.15) is 0 Å². The van der Waals surface area contributed by atoms with E-state index in [1.165, 1.54) is 34.2 Å². The highest BCUT2D eigenvalue weighted by molar-refractivity contribution is 6.05. The van der Waals surface area contributed by atoms with E-state index in [0.717, 1.165) is 24.5 Å². The SMILES string of the molecule is COc1cc(C(=O)Nc2cccc(N3CCCC3)c2)cc(OC)c1OC. The average molecular weight is 356 g/mol. The molecule has 138 valence electrons. The molecule has 1 amide bonds. The van der Waals surface area contributed by atoms with Gasteiger partial charge >= 0.3 is 0 Å². The summed E-state index contributed by atoms with van der Waals surface area (Å²) in [6, 6.07) is 11.2. The molecule has 0 spiro atoms. The summed E-state index contributed by atoms with van der Waals surface area (Å²) in [6.07, 6.45) is 2.42. The highest BCUT2D eigenvalue weighted by Crippen LogP contribution is 2.38. The summed E-state index contributed by atoms with van der Waals surface area (Å²) < 4.78 is 15.9. The first-order valence-electron chi connectivity index (χ1n) is 8.62. The standard InChI is InChI=1S/C20H24N2O4/c1-24-17-11-14(12-18(25-2)19(17)26-3)20(23)21-15-7-6-8-16(13-15)22-9-4-5-10-22/h6-8,11-13H,4-5,9-10H2,1-3H3,(H,21,23). The number of benzene rings is 2. The Morgan fingerprint density at radius 1 is 0.962 bits per heavy atom. The molecular weight excluding hydrogens is 332 g/mol. The number of ether oxygens (including phenoxy) is 3. The quantitative estimate of drug-likeness (QED) is 0.857. The van der Waals surface area contributed by atoms with Gasteiger partial charge in [-0.3, -0.25) is 4.79 Å². The molecule has 2 aromatic carbocycles. The van der Waals surface area contributed by atoms with Crippen molar-refractivity contribution < 1.29 is 19.0 Å². The molecule has 1 heterocycles. The smallest absolute Gasteiger partial charge is 0.255 e. The average Bonchev–Trinajstić information content (AvgIpc) is 3.21. The lowest BCUT2D eigenvalue weighted by Crippen LogP contribution is -2.18. The first-order chi connectivity index (χ1) is 12.7. The summed E-state index contributed by atoms with van der Waals surface area (Å²) in [4.78, 5) is 15.0. The van der Waals surface area contributed by atoms with Gasteiger partial charge in [0.05, 0.1) is 21.3 Å². The van der Waals surface area contributed by atoms with Crippen molar-refractivity contribution in [3.8, 4) is 17.2 Å². The number of amides is 1. The number of anilines is 2. The van der Waals surface area contributed by atoms with E-state index in [0.29, 0.717) is 22.8 Å². The first-order valence-corrected chi connectivity index (χ1v) is 8.62. The number of hydrogen-bond acceptors (Lipinski definition) is 5. The minimum Gasteiger partial charge on any atom is -0.493 e. The van der Waals surface area contributed by atoms with Crippen LogP contribution in [0.2, 0.25) is 0 Å². The molecule has 0 saturated carbocycles. The zero-order chi connectivity index (χ0) is 18.5. The molecule has 2 aromatic rings. The van der Waals surface area contributed by atoms with E-state index in [1.807, 2.05) is 18.2 Å². The molecule has 1 fully saturated rings. The minimum absolute atomic E-state index is 0.233. The second-order valence-corrected chi connectivity index (χ2v) is 6.11. The summed E-state index contributed by atoms with van der Waals surface area (Å²) >= 11 is 0. The third kappa shape index (κ3) is 3.69. The summed E-state index contributed by atoms with van der Waals surface area (Å²) in [5.41, 5.74) is 2.32. The van der Waals surface area contributed by atoms with Crippen LogP contribution in [0.15, 0.2) is 36.4 Å². The topological polar surface area (TPSA) is 60.0 Å². The summed E-state index contributed by atoms with van der Waals surface area (Å²) in [7, 11) is 4.58. The lowest BCUT2D eigenvalue weighted by Gasteiger charge is -2.18. The molecular formula is C20H24N2O4. The molecule has 0 aliphatic carbocycles. The van der Waals surface area contributed by atoms with E-state index in [9.17, 15) is 4.79 Å². The second kappa shape index (κ2) is 7.99. The van der Waals surface area contributed by atoms with Gasteiger partial charge in [0.15, 0.2) is 11.5 Å². The van der Waals surface area contributed by atoms with Crippen LogP contribution in [-0.2, 0) is 0 Å². The van der Waals surface area contributed by atoms with Gasteiger partial charge in [-0.1, -0.05) is 6.07 Å². The number of rotatable bonds is 6. The maximum Gasteiger partial charge on any atom is 0.255 e. The molecule has 6 nitrogen and oxygen atoms in total. The van der Waals surface area contributed by atoms with Crippen LogP contribution in [0, 0.1) is 0 Å². The molecule has 0 bridgehead atoms. The highest BCUT2D eigenvalue weighted by atomic mass is 16.5.